The van der Waals surface area contributed by atoms with Crippen LogP contribution in [0.3, 0.4) is 0 Å². The van der Waals surface area contributed by atoms with Gasteiger partial charge in [-0.1, -0.05) is 36.4 Å². The number of benzene rings is 2. The Bertz CT molecular complexity index is 635. The zero-order valence-corrected chi connectivity index (χ0v) is 11.3. The lowest BCUT2D eigenvalue weighted by atomic mass is 10.1. The van der Waals surface area contributed by atoms with E-state index in [1.54, 1.807) is 12.1 Å². The first kappa shape index (κ1) is 15.3. The Kier molecular flexibility index (Phi) is 4.47. The van der Waals surface area contributed by atoms with Crippen LogP contribution in [0.1, 0.15) is 6.92 Å². The zero-order chi connectivity index (χ0) is 15.5. The van der Waals surface area contributed by atoms with Crippen LogP contribution in [0.25, 0.3) is 10.8 Å². The number of anilines is 1. The fourth-order valence-corrected chi connectivity index (χ4v) is 1.86. The molecular formula is C15H14F3NO2. The third kappa shape index (κ3) is 4.19. The third-order valence-corrected chi connectivity index (χ3v) is 2.91. The minimum Gasteiger partial charge on any atom is -0.359 e. The normalized spacial score (nSPS) is 13.1. The maximum atomic E-state index is 12.1. The van der Waals surface area contributed by atoms with E-state index in [4.69, 9.17) is 0 Å². The summed E-state index contributed by atoms with van der Waals surface area (Å²) in [7, 11) is 0. The Labute approximate surface area is 119 Å². The fourth-order valence-electron chi connectivity index (χ4n) is 1.86. The molecule has 0 aromatic heterocycles. The van der Waals surface area contributed by atoms with Gasteiger partial charge in [-0.25, -0.2) is 0 Å². The first-order valence-electron chi connectivity index (χ1n) is 6.34. The number of hydrogen-bond donors (Lipinski definition) is 1. The highest BCUT2D eigenvalue weighted by molar-refractivity contribution is 6.03. The molecule has 0 radical (unpaired) electrons. The van der Waals surface area contributed by atoms with Crippen molar-refractivity contribution in [1.82, 2.24) is 0 Å². The van der Waals surface area contributed by atoms with Gasteiger partial charge in [-0.05, 0) is 18.4 Å². The molecule has 2 aromatic carbocycles. The number of fused-ring (bicyclic) bond motifs is 1. The maximum Gasteiger partial charge on any atom is 0.411 e. The first-order valence-corrected chi connectivity index (χ1v) is 6.34. The van der Waals surface area contributed by atoms with Crippen molar-refractivity contribution in [3.05, 3.63) is 42.5 Å². The molecule has 1 amide bonds. The molecule has 112 valence electrons. The van der Waals surface area contributed by atoms with E-state index < -0.39 is 24.8 Å². The Morgan fingerprint density at radius 3 is 2.57 bits per heavy atom. The average Bonchev–Trinajstić information content (AvgIpc) is 2.44. The zero-order valence-electron chi connectivity index (χ0n) is 11.3. The average molecular weight is 297 g/mol. The second kappa shape index (κ2) is 6.13. The number of hydrogen-bond acceptors (Lipinski definition) is 2. The lowest BCUT2D eigenvalue weighted by molar-refractivity contribution is -0.184. The van der Waals surface area contributed by atoms with Crippen molar-refractivity contribution >= 4 is 22.4 Å². The highest BCUT2D eigenvalue weighted by Crippen LogP contribution is 2.23. The molecule has 0 aliphatic carbocycles. The standard InChI is InChI=1S/C15H14F3NO2/c1-10(21-9-15(16,17)18)14(20)19-13-8-4-6-11-5-2-3-7-12(11)13/h2-8,10H,9H2,1H3,(H,19,20)/t10-/m1/s1. The maximum absolute atomic E-state index is 12.1. The van der Waals surface area contributed by atoms with Crippen LogP contribution in [0.2, 0.25) is 0 Å². The molecule has 2 rings (SSSR count). The van der Waals surface area contributed by atoms with Gasteiger partial charge in [-0.15, -0.1) is 0 Å². The number of alkyl halides is 3. The van der Waals surface area contributed by atoms with Crippen molar-refractivity contribution in [2.24, 2.45) is 0 Å². The van der Waals surface area contributed by atoms with Crippen molar-refractivity contribution in [3.63, 3.8) is 0 Å². The van der Waals surface area contributed by atoms with Gasteiger partial charge in [-0.2, -0.15) is 13.2 Å². The number of nitrogens with one attached hydrogen (secondary N) is 1. The summed E-state index contributed by atoms with van der Waals surface area (Å²) in [5.74, 6) is -0.615. The quantitative estimate of drug-likeness (QED) is 0.933. The molecular weight excluding hydrogens is 283 g/mol. The van der Waals surface area contributed by atoms with Gasteiger partial charge >= 0.3 is 6.18 Å². The van der Waals surface area contributed by atoms with Crippen molar-refractivity contribution in [3.8, 4) is 0 Å². The van der Waals surface area contributed by atoms with Crippen LogP contribution in [0.4, 0.5) is 18.9 Å². The van der Waals surface area contributed by atoms with Crippen LogP contribution in [-0.2, 0) is 9.53 Å². The van der Waals surface area contributed by atoms with Gasteiger partial charge in [0.2, 0.25) is 0 Å². The molecule has 0 saturated heterocycles. The fraction of sp³-hybridized carbons (Fsp3) is 0.267. The lowest BCUT2D eigenvalue weighted by Crippen LogP contribution is -2.31. The largest absolute Gasteiger partial charge is 0.411 e. The highest BCUT2D eigenvalue weighted by Gasteiger charge is 2.30. The van der Waals surface area contributed by atoms with E-state index in [0.29, 0.717) is 5.69 Å². The Morgan fingerprint density at radius 2 is 1.86 bits per heavy atom. The lowest BCUT2D eigenvalue weighted by Gasteiger charge is -2.15. The number of carbonyl (C=O) groups is 1. The molecule has 0 saturated carbocycles. The SMILES string of the molecule is C[C@@H](OCC(F)(F)F)C(=O)Nc1cccc2ccccc12. The van der Waals surface area contributed by atoms with Crippen LogP contribution in [-0.4, -0.2) is 24.8 Å². The topological polar surface area (TPSA) is 38.3 Å². The molecule has 0 bridgehead atoms. The summed E-state index contributed by atoms with van der Waals surface area (Å²) in [5, 5.41) is 4.34. The van der Waals surface area contributed by atoms with Crippen LogP contribution >= 0.6 is 0 Å². The second-order valence-corrected chi connectivity index (χ2v) is 4.58. The van der Waals surface area contributed by atoms with E-state index >= 15 is 0 Å². The predicted octanol–water partition coefficient (Wildman–Crippen LogP) is 3.75. The Morgan fingerprint density at radius 1 is 1.19 bits per heavy atom. The number of ether oxygens (including phenoxy) is 1. The number of carbonyl (C=O) groups excluding carboxylic acids is 1. The summed E-state index contributed by atoms with van der Waals surface area (Å²) >= 11 is 0. The van der Waals surface area contributed by atoms with Crippen molar-refractivity contribution in [2.45, 2.75) is 19.2 Å². The van der Waals surface area contributed by atoms with Gasteiger partial charge in [-0.3, -0.25) is 4.79 Å². The van der Waals surface area contributed by atoms with Gasteiger partial charge < -0.3 is 10.1 Å². The molecule has 6 heteroatoms. The van der Waals surface area contributed by atoms with Crippen LogP contribution in [0, 0.1) is 0 Å². The summed E-state index contributed by atoms with van der Waals surface area (Å²) < 4.78 is 40.7. The first-order chi connectivity index (χ1) is 9.87. The predicted molar refractivity (Wildman–Crippen MR) is 74.0 cm³/mol. The van der Waals surface area contributed by atoms with E-state index in [2.05, 4.69) is 10.1 Å². The molecule has 1 N–H and O–H groups in total. The van der Waals surface area contributed by atoms with E-state index in [1.165, 1.54) is 6.92 Å². The summed E-state index contributed by atoms with van der Waals surface area (Å²) in [6.07, 6.45) is -5.64. The van der Waals surface area contributed by atoms with Crippen LogP contribution in [0.15, 0.2) is 42.5 Å². The second-order valence-electron chi connectivity index (χ2n) is 4.58. The summed E-state index contributed by atoms with van der Waals surface area (Å²) in [6, 6.07) is 12.7. The summed E-state index contributed by atoms with van der Waals surface area (Å²) in [4.78, 5) is 11.9. The van der Waals surface area contributed by atoms with E-state index in [-0.39, 0.29) is 0 Å². The van der Waals surface area contributed by atoms with E-state index in [1.807, 2.05) is 30.3 Å². The molecule has 21 heavy (non-hydrogen) atoms. The summed E-state index contributed by atoms with van der Waals surface area (Å²) in [6.45, 7) is -0.163. The Balaban J connectivity index is 2.08. The van der Waals surface area contributed by atoms with Gasteiger partial charge in [0.15, 0.2) is 0 Å². The molecule has 0 spiro atoms. The van der Waals surface area contributed by atoms with Crippen molar-refractivity contribution in [1.29, 1.82) is 0 Å². The van der Waals surface area contributed by atoms with Gasteiger partial charge in [0, 0.05) is 11.1 Å². The van der Waals surface area contributed by atoms with E-state index in [9.17, 15) is 18.0 Å². The number of rotatable bonds is 4. The number of halogens is 3. The molecule has 3 nitrogen and oxygen atoms in total. The van der Waals surface area contributed by atoms with Crippen LogP contribution in [0.5, 0.6) is 0 Å². The monoisotopic (exact) mass is 297 g/mol. The van der Waals surface area contributed by atoms with Gasteiger partial charge in [0.05, 0.1) is 0 Å². The number of amides is 1. The van der Waals surface area contributed by atoms with Gasteiger partial charge in [0.25, 0.3) is 5.91 Å². The summed E-state index contributed by atoms with van der Waals surface area (Å²) in [5.41, 5.74) is 0.542. The van der Waals surface area contributed by atoms with E-state index in [0.717, 1.165) is 10.8 Å². The minimum absolute atomic E-state index is 0.542. The molecule has 0 fully saturated rings. The van der Waals surface area contributed by atoms with Gasteiger partial charge in [0.1, 0.15) is 12.7 Å². The molecule has 2 aromatic rings. The molecule has 0 unspecified atom stereocenters. The molecule has 0 aliphatic rings. The van der Waals surface area contributed by atoms with Crippen molar-refractivity contribution < 1.29 is 22.7 Å². The highest BCUT2D eigenvalue weighted by atomic mass is 19.4. The Hall–Kier alpha value is -2.08. The molecule has 0 aliphatic heterocycles. The molecule has 1 atom stereocenters. The van der Waals surface area contributed by atoms with Crippen molar-refractivity contribution in [2.75, 3.05) is 11.9 Å². The smallest absolute Gasteiger partial charge is 0.359 e. The minimum atomic E-state index is -4.45. The molecule has 0 heterocycles. The third-order valence-electron chi connectivity index (χ3n) is 2.91. The van der Waals surface area contributed by atoms with Crippen LogP contribution < -0.4 is 5.32 Å².